The van der Waals surface area contributed by atoms with Crippen molar-refractivity contribution >= 4 is 19.3 Å². The highest BCUT2D eigenvalue weighted by atomic mass is 16.7. The molecule has 154 valence electrons. The molecule has 3 rings (SSSR count). The summed E-state index contributed by atoms with van der Waals surface area (Å²) in [5.74, 6) is 0. The average Bonchev–Trinajstić information content (AvgIpc) is 3.17. The van der Waals surface area contributed by atoms with Crippen molar-refractivity contribution in [3.63, 3.8) is 0 Å². The lowest BCUT2D eigenvalue weighted by atomic mass is 9.77. The smallest absolute Gasteiger partial charge is 0.445 e. The van der Waals surface area contributed by atoms with Crippen LogP contribution < -0.4 is 5.32 Å². The number of amides is 1. The number of rotatable bonds is 6. The molecule has 1 aromatic heterocycles. The largest absolute Gasteiger partial charge is 0.492 e. The SMILES string of the molecule is Cn1ccc(C=C(CNC(=O)OCc2ccccc2)B2OC(C)(C)C(C)(C)O2)n1. The molecule has 0 unspecified atom stereocenters. The first-order chi connectivity index (χ1) is 13.7. The second kappa shape index (κ2) is 8.43. The standard InChI is InChI=1S/C21H28BN3O4/c1-20(2)21(3,4)29-22(28-20)17(13-18-11-12-25(5)24-18)14-23-19(26)27-15-16-9-7-6-8-10-16/h6-13H,14-15H2,1-5H3,(H,23,26). The number of alkyl carbamates (subject to hydrolysis) is 1. The van der Waals surface area contributed by atoms with E-state index in [1.165, 1.54) is 0 Å². The van der Waals surface area contributed by atoms with E-state index >= 15 is 0 Å². The summed E-state index contributed by atoms with van der Waals surface area (Å²) in [5, 5.41) is 7.17. The van der Waals surface area contributed by atoms with Gasteiger partial charge in [-0.05, 0) is 50.9 Å². The number of benzene rings is 1. The normalized spacial score (nSPS) is 18.0. The van der Waals surface area contributed by atoms with Gasteiger partial charge >= 0.3 is 13.2 Å². The van der Waals surface area contributed by atoms with Crippen LogP contribution in [0.2, 0.25) is 0 Å². The second-order valence-electron chi connectivity index (χ2n) is 8.14. The number of carbonyl (C=O) groups is 1. The van der Waals surface area contributed by atoms with Crippen molar-refractivity contribution in [2.75, 3.05) is 6.54 Å². The van der Waals surface area contributed by atoms with Crippen LogP contribution in [0.5, 0.6) is 0 Å². The van der Waals surface area contributed by atoms with E-state index in [1.807, 2.05) is 83.4 Å². The molecule has 2 heterocycles. The van der Waals surface area contributed by atoms with Crippen molar-refractivity contribution in [2.24, 2.45) is 7.05 Å². The van der Waals surface area contributed by atoms with Gasteiger partial charge in [0.1, 0.15) is 6.61 Å². The van der Waals surface area contributed by atoms with Crippen molar-refractivity contribution in [3.8, 4) is 0 Å². The minimum atomic E-state index is -0.587. The first-order valence-corrected chi connectivity index (χ1v) is 9.66. The van der Waals surface area contributed by atoms with Crippen molar-refractivity contribution in [1.82, 2.24) is 15.1 Å². The zero-order valence-corrected chi connectivity index (χ0v) is 17.6. The number of ether oxygens (including phenoxy) is 1. The quantitative estimate of drug-likeness (QED) is 0.757. The molecule has 1 amide bonds. The first-order valence-electron chi connectivity index (χ1n) is 9.66. The summed E-state index contributed by atoms with van der Waals surface area (Å²) in [6.45, 7) is 8.41. The van der Waals surface area contributed by atoms with Gasteiger partial charge in [-0.15, -0.1) is 0 Å². The summed E-state index contributed by atoms with van der Waals surface area (Å²) in [5.41, 5.74) is 1.50. The molecular weight excluding hydrogens is 369 g/mol. The van der Waals surface area contributed by atoms with E-state index in [4.69, 9.17) is 14.0 Å². The Bertz CT molecular complexity index is 861. The van der Waals surface area contributed by atoms with Crippen molar-refractivity contribution in [2.45, 2.75) is 45.5 Å². The molecule has 0 atom stereocenters. The third kappa shape index (κ3) is 5.28. The fraction of sp³-hybridized carbons (Fsp3) is 0.429. The van der Waals surface area contributed by atoms with Crippen LogP contribution in [0.15, 0.2) is 48.1 Å². The maximum Gasteiger partial charge on any atom is 0.492 e. The number of carbonyl (C=O) groups excluding carboxylic acids is 1. The Morgan fingerprint density at radius 3 is 2.41 bits per heavy atom. The van der Waals surface area contributed by atoms with Crippen LogP contribution in [-0.2, 0) is 27.7 Å². The lowest BCUT2D eigenvalue weighted by molar-refractivity contribution is 0.00578. The highest BCUT2D eigenvalue weighted by molar-refractivity contribution is 6.56. The van der Waals surface area contributed by atoms with E-state index in [0.29, 0.717) is 0 Å². The summed E-state index contributed by atoms with van der Waals surface area (Å²) in [6.07, 6.45) is 3.23. The van der Waals surface area contributed by atoms with E-state index in [1.54, 1.807) is 4.68 Å². The van der Waals surface area contributed by atoms with E-state index in [2.05, 4.69) is 10.4 Å². The second-order valence-corrected chi connectivity index (χ2v) is 8.14. The zero-order valence-electron chi connectivity index (χ0n) is 17.6. The third-order valence-corrected chi connectivity index (χ3v) is 5.27. The van der Waals surface area contributed by atoms with Gasteiger partial charge in [-0.3, -0.25) is 4.68 Å². The molecular formula is C21H28BN3O4. The van der Waals surface area contributed by atoms with Crippen LogP contribution in [-0.4, -0.2) is 40.7 Å². The van der Waals surface area contributed by atoms with Gasteiger partial charge in [0.05, 0.1) is 16.9 Å². The minimum absolute atomic E-state index is 0.211. The molecule has 0 bridgehead atoms. The number of nitrogens with one attached hydrogen (secondary N) is 1. The van der Waals surface area contributed by atoms with Crippen molar-refractivity contribution < 1.29 is 18.8 Å². The van der Waals surface area contributed by atoms with E-state index in [0.717, 1.165) is 16.7 Å². The molecule has 1 fully saturated rings. The molecule has 1 aliphatic rings. The molecule has 0 saturated carbocycles. The monoisotopic (exact) mass is 397 g/mol. The molecule has 0 radical (unpaired) electrons. The maximum atomic E-state index is 12.2. The molecule has 1 saturated heterocycles. The molecule has 29 heavy (non-hydrogen) atoms. The summed E-state index contributed by atoms with van der Waals surface area (Å²) in [6, 6.07) is 11.4. The van der Waals surface area contributed by atoms with Gasteiger partial charge in [-0.1, -0.05) is 30.3 Å². The van der Waals surface area contributed by atoms with Gasteiger partial charge in [0.15, 0.2) is 0 Å². The minimum Gasteiger partial charge on any atom is -0.445 e. The van der Waals surface area contributed by atoms with Gasteiger partial charge < -0.3 is 19.4 Å². The Balaban J connectivity index is 1.67. The van der Waals surface area contributed by atoms with Crippen LogP contribution in [0, 0.1) is 0 Å². The van der Waals surface area contributed by atoms with Crippen LogP contribution in [0.3, 0.4) is 0 Å². The lowest BCUT2D eigenvalue weighted by Crippen LogP contribution is -2.41. The van der Waals surface area contributed by atoms with Crippen molar-refractivity contribution in [3.05, 3.63) is 59.3 Å². The molecule has 8 heteroatoms. The summed E-state index contributed by atoms with van der Waals surface area (Å²) < 4.78 is 19.3. The summed E-state index contributed by atoms with van der Waals surface area (Å²) in [4.78, 5) is 12.2. The predicted octanol–water partition coefficient (Wildman–Crippen LogP) is 3.36. The van der Waals surface area contributed by atoms with Crippen LogP contribution >= 0.6 is 0 Å². The average molecular weight is 397 g/mol. The Kier molecular flexibility index (Phi) is 6.14. The maximum absolute atomic E-state index is 12.2. The van der Waals surface area contributed by atoms with Gasteiger partial charge in [-0.2, -0.15) is 5.10 Å². The van der Waals surface area contributed by atoms with E-state index < -0.39 is 24.4 Å². The predicted molar refractivity (Wildman–Crippen MR) is 112 cm³/mol. The molecule has 1 N–H and O–H groups in total. The van der Waals surface area contributed by atoms with Crippen LogP contribution in [0.25, 0.3) is 6.08 Å². The summed E-state index contributed by atoms with van der Waals surface area (Å²) >= 11 is 0. The molecule has 1 aliphatic heterocycles. The molecule has 0 aliphatic carbocycles. The Morgan fingerprint density at radius 1 is 1.17 bits per heavy atom. The zero-order chi connectivity index (χ0) is 21.1. The lowest BCUT2D eigenvalue weighted by Gasteiger charge is -2.32. The Labute approximate surface area is 172 Å². The number of nitrogens with zero attached hydrogens (tertiary/aromatic N) is 2. The van der Waals surface area contributed by atoms with Crippen LogP contribution in [0.1, 0.15) is 39.0 Å². The first kappa shape index (κ1) is 21.1. The fourth-order valence-electron chi connectivity index (χ4n) is 2.85. The Hall–Kier alpha value is -2.58. The summed E-state index contributed by atoms with van der Waals surface area (Å²) in [7, 11) is 1.27. The fourth-order valence-corrected chi connectivity index (χ4v) is 2.85. The number of hydrogen-bond donors (Lipinski definition) is 1. The van der Waals surface area contributed by atoms with Gasteiger partial charge in [0.2, 0.25) is 0 Å². The van der Waals surface area contributed by atoms with Gasteiger partial charge in [-0.25, -0.2) is 4.79 Å². The highest BCUT2D eigenvalue weighted by Gasteiger charge is 2.52. The molecule has 1 aromatic carbocycles. The van der Waals surface area contributed by atoms with Gasteiger partial charge in [0, 0.05) is 19.8 Å². The topological polar surface area (TPSA) is 74.6 Å². The number of hydrogen-bond acceptors (Lipinski definition) is 5. The third-order valence-electron chi connectivity index (χ3n) is 5.27. The number of aryl methyl sites for hydroxylation is 1. The molecule has 0 spiro atoms. The van der Waals surface area contributed by atoms with E-state index in [9.17, 15) is 4.79 Å². The highest BCUT2D eigenvalue weighted by Crippen LogP contribution is 2.38. The molecule has 7 nitrogen and oxygen atoms in total. The Morgan fingerprint density at radius 2 is 1.83 bits per heavy atom. The van der Waals surface area contributed by atoms with Crippen LogP contribution in [0.4, 0.5) is 4.79 Å². The number of aromatic nitrogens is 2. The molecule has 2 aromatic rings. The van der Waals surface area contributed by atoms with Crippen molar-refractivity contribution in [1.29, 1.82) is 0 Å². The van der Waals surface area contributed by atoms with Gasteiger partial charge in [0.25, 0.3) is 0 Å². The van der Waals surface area contributed by atoms with E-state index in [-0.39, 0.29) is 13.2 Å².